The molecule has 0 aliphatic heterocycles. The highest BCUT2D eigenvalue weighted by atomic mass is 16.5. The number of aromatic nitrogens is 8. The lowest BCUT2D eigenvalue weighted by atomic mass is 10.2. The van der Waals surface area contributed by atoms with Gasteiger partial charge in [-0.1, -0.05) is 0 Å². The first-order chi connectivity index (χ1) is 10.3. The minimum Gasteiger partial charge on any atom is -0.455 e. The van der Waals surface area contributed by atoms with Crippen LogP contribution < -0.4 is 4.74 Å². The fraction of sp³-hybridized carbons (Fsp3) is 0.167. The molecule has 0 spiro atoms. The van der Waals surface area contributed by atoms with Gasteiger partial charge in [0.1, 0.15) is 35.5 Å². The van der Waals surface area contributed by atoms with Crippen LogP contribution in [0.2, 0.25) is 0 Å². The number of ether oxygens (including phenoxy) is 1. The molecule has 4 aromatic rings. The lowest BCUT2D eigenvalue weighted by molar-refractivity contribution is 0.207. The summed E-state index contributed by atoms with van der Waals surface area (Å²) in [5.74, 6) is 0. The maximum Gasteiger partial charge on any atom is 0.296 e. The third kappa shape index (κ3) is 1.95. The Morgan fingerprint density at radius 3 is 2.90 bits per heavy atom. The minimum absolute atomic E-state index is 0.329. The Labute approximate surface area is 117 Å². The van der Waals surface area contributed by atoms with E-state index in [1.165, 1.54) is 12.7 Å². The maximum atomic E-state index is 5.79. The van der Waals surface area contributed by atoms with E-state index in [1.54, 1.807) is 12.5 Å². The first kappa shape index (κ1) is 11.7. The van der Waals surface area contributed by atoms with E-state index in [2.05, 4.69) is 39.9 Å². The molecule has 0 saturated carbocycles. The Kier molecular flexibility index (Phi) is 2.49. The van der Waals surface area contributed by atoms with Crippen molar-refractivity contribution in [2.24, 2.45) is 0 Å². The first-order valence-corrected chi connectivity index (χ1v) is 6.27. The summed E-state index contributed by atoms with van der Waals surface area (Å²) >= 11 is 0. The van der Waals surface area contributed by atoms with Gasteiger partial charge in [0.25, 0.3) is 6.01 Å². The van der Waals surface area contributed by atoms with Gasteiger partial charge in [0.05, 0.1) is 12.5 Å². The Morgan fingerprint density at radius 1 is 1.10 bits per heavy atom. The molecule has 4 heterocycles. The van der Waals surface area contributed by atoms with Crippen molar-refractivity contribution < 1.29 is 4.74 Å². The molecule has 0 bridgehead atoms. The predicted octanol–water partition coefficient (Wildman–Crippen LogP) is 1.16. The molecule has 0 radical (unpaired) electrons. The number of fused-ring (bicyclic) bond motifs is 2. The third-order valence-corrected chi connectivity index (χ3v) is 3.07. The van der Waals surface area contributed by atoms with Gasteiger partial charge in [0.15, 0.2) is 11.3 Å². The summed E-state index contributed by atoms with van der Waals surface area (Å²) in [6.07, 6.45) is 5.79. The molecule has 0 aliphatic carbocycles. The maximum absolute atomic E-state index is 5.79. The van der Waals surface area contributed by atoms with Crippen LogP contribution in [0.3, 0.4) is 0 Å². The average Bonchev–Trinajstić information content (AvgIpc) is 3.12. The van der Waals surface area contributed by atoms with E-state index in [9.17, 15) is 0 Å². The number of hydrogen-bond acceptors (Lipinski definition) is 7. The fourth-order valence-electron chi connectivity index (χ4n) is 2.11. The van der Waals surface area contributed by atoms with E-state index in [-0.39, 0.29) is 6.10 Å². The summed E-state index contributed by atoms with van der Waals surface area (Å²) in [6.45, 7) is 1.88. The zero-order valence-corrected chi connectivity index (χ0v) is 11.0. The number of H-pyrrole nitrogens is 2. The van der Waals surface area contributed by atoms with Crippen molar-refractivity contribution >= 4 is 22.3 Å². The van der Waals surface area contributed by atoms with Crippen molar-refractivity contribution in [3.8, 4) is 6.01 Å². The number of imidazole rings is 2. The topological polar surface area (TPSA) is 118 Å². The van der Waals surface area contributed by atoms with Crippen LogP contribution in [0, 0.1) is 0 Å². The monoisotopic (exact) mass is 282 g/mol. The molecule has 104 valence electrons. The Morgan fingerprint density at radius 2 is 2.00 bits per heavy atom. The second-order valence-electron chi connectivity index (χ2n) is 4.42. The summed E-state index contributed by atoms with van der Waals surface area (Å²) in [6, 6.07) is 0.365. The lowest BCUT2D eigenvalue weighted by Gasteiger charge is -2.11. The molecule has 21 heavy (non-hydrogen) atoms. The van der Waals surface area contributed by atoms with Crippen LogP contribution >= 0.6 is 0 Å². The van der Waals surface area contributed by atoms with Gasteiger partial charge in [-0.2, -0.15) is 4.98 Å². The molecule has 0 aliphatic rings. The lowest BCUT2D eigenvalue weighted by Crippen LogP contribution is -2.07. The predicted molar refractivity (Wildman–Crippen MR) is 72.4 cm³/mol. The van der Waals surface area contributed by atoms with Gasteiger partial charge in [0.2, 0.25) is 0 Å². The van der Waals surface area contributed by atoms with E-state index in [4.69, 9.17) is 4.74 Å². The van der Waals surface area contributed by atoms with Crippen molar-refractivity contribution in [3.05, 3.63) is 30.9 Å². The van der Waals surface area contributed by atoms with E-state index in [0.29, 0.717) is 28.5 Å². The van der Waals surface area contributed by atoms with Crippen LogP contribution in [-0.4, -0.2) is 39.9 Å². The fourth-order valence-corrected chi connectivity index (χ4v) is 2.11. The number of nitrogens with zero attached hydrogens (tertiary/aromatic N) is 6. The summed E-state index contributed by atoms with van der Waals surface area (Å²) in [4.78, 5) is 30.7. The smallest absolute Gasteiger partial charge is 0.296 e. The zero-order valence-electron chi connectivity index (χ0n) is 11.0. The number of hydrogen-bond donors (Lipinski definition) is 2. The molecule has 2 N–H and O–H groups in total. The van der Waals surface area contributed by atoms with Crippen molar-refractivity contribution in [1.82, 2.24) is 39.9 Å². The molecular weight excluding hydrogens is 272 g/mol. The van der Waals surface area contributed by atoms with Gasteiger partial charge in [-0.05, 0) is 6.92 Å². The molecule has 0 aromatic carbocycles. The molecule has 0 amide bonds. The van der Waals surface area contributed by atoms with Crippen LogP contribution in [0.4, 0.5) is 0 Å². The van der Waals surface area contributed by atoms with Crippen LogP contribution in [0.5, 0.6) is 6.01 Å². The van der Waals surface area contributed by atoms with Gasteiger partial charge in [-0.25, -0.2) is 24.9 Å². The SMILES string of the molecule is CC(Oc1nc2ncncc2[nH]1)c1ncnc2nc[nH]c12. The highest BCUT2D eigenvalue weighted by Crippen LogP contribution is 2.23. The van der Waals surface area contributed by atoms with Crippen molar-refractivity contribution in [2.75, 3.05) is 0 Å². The first-order valence-electron chi connectivity index (χ1n) is 6.27. The summed E-state index contributed by atoms with van der Waals surface area (Å²) < 4.78 is 5.79. The molecule has 4 aromatic heterocycles. The van der Waals surface area contributed by atoms with E-state index in [0.717, 1.165) is 5.52 Å². The molecule has 1 atom stereocenters. The number of nitrogens with one attached hydrogen (secondary N) is 2. The molecule has 1 unspecified atom stereocenters. The van der Waals surface area contributed by atoms with Crippen LogP contribution in [0.25, 0.3) is 22.3 Å². The van der Waals surface area contributed by atoms with Crippen LogP contribution in [0.15, 0.2) is 25.2 Å². The largest absolute Gasteiger partial charge is 0.455 e. The van der Waals surface area contributed by atoms with Gasteiger partial charge in [0, 0.05) is 0 Å². The van der Waals surface area contributed by atoms with Crippen LogP contribution in [-0.2, 0) is 0 Å². The molecular formula is C12H10N8O. The van der Waals surface area contributed by atoms with Gasteiger partial charge >= 0.3 is 0 Å². The Bertz CT molecular complexity index is 881. The standard InChI is InChI=1S/C12H10N8O/c1-6(8-9-11(17-4-14-8)18-5-15-9)21-12-19-7-2-13-3-16-10(7)20-12/h2-6H,1H3,(H,13,16,19,20)(H,14,15,17,18). The van der Waals surface area contributed by atoms with E-state index < -0.39 is 0 Å². The summed E-state index contributed by atoms with van der Waals surface area (Å²) in [7, 11) is 0. The minimum atomic E-state index is -0.329. The second kappa shape index (κ2) is 4.47. The summed E-state index contributed by atoms with van der Waals surface area (Å²) in [5.41, 5.74) is 3.34. The molecule has 0 fully saturated rings. The van der Waals surface area contributed by atoms with Gasteiger partial charge in [-0.3, -0.25) is 0 Å². The molecule has 9 heteroatoms. The normalized spacial score (nSPS) is 12.8. The molecule has 9 nitrogen and oxygen atoms in total. The highest BCUT2D eigenvalue weighted by molar-refractivity contribution is 5.72. The van der Waals surface area contributed by atoms with Gasteiger partial charge in [-0.15, -0.1) is 0 Å². The second-order valence-corrected chi connectivity index (χ2v) is 4.42. The molecule has 4 rings (SSSR count). The van der Waals surface area contributed by atoms with Crippen molar-refractivity contribution in [2.45, 2.75) is 13.0 Å². The zero-order chi connectivity index (χ0) is 14.2. The quantitative estimate of drug-likeness (QED) is 0.578. The Balaban J connectivity index is 1.68. The number of aromatic amines is 2. The average molecular weight is 282 g/mol. The van der Waals surface area contributed by atoms with E-state index >= 15 is 0 Å². The molecule has 0 saturated heterocycles. The third-order valence-electron chi connectivity index (χ3n) is 3.07. The van der Waals surface area contributed by atoms with E-state index in [1.807, 2.05) is 6.92 Å². The number of rotatable bonds is 3. The Hall–Kier alpha value is -3.10. The van der Waals surface area contributed by atoms with Crippen molar-refractivity contribution in [3.63, 3.8) is 0 Å². The summed E-state index contributed by atoms with van der Waals surface area (Å²) in [5, 5.41) is 0. The highest BCUT2D eigenvalue weighted by Gasteiger charge is 2.16. The van der Waals surface area contributed by atoms with Crippen molar-refractivity contribution in [1.29, 1.82) is 0 Å². The van der Waals surface area contributed by atoms with Crippen LogP contribution in [0.1, 0.15) is 18.7 Å². The van der Waals surface area contributed by atoms with Gasteiger partial charge < -0.3 is 14.7 Å².